The lowest BCUT2D eigenvalue weighted by molar-refractivity contribution is 0.0931. The minimum atomic E-state index is -0.0799. The zero-order chi connectivity index (χ0) is 12.3. The van der Waals surface area contributed by atoms with Gasteiger partial charge in [-0.25, -0.2) is 0 Å². The van der Waals surface area contributed by atoms with Crippen molar-refractivity contribution in [2.45, 2.75) is 25.8 Å². The van der Waals surface area contributed by atoms with Gasteiger partial charge in [-0.2, -0.15) is 0 Å². The first-order valence-electron chi connectivity index (χ1n) is 5.94. The van der Waals surface area contributed by atoms with Crippen LogP contribution in [0.3, 0.4) is 0 Å². The number of halogens is 1. The third kappa shape index (κ3) is 3.20. The maximum Gasteiger partial charge on any atom is 0.253 e. The Morgan fingerprint density at radius 2 is 2.35 bits per heavy atom. The number of piperidine rings is 1. The van der Waals surface area contributed by atoms with Crippen molar-refractivity contribution in [3.8, 4) is 0 Å². The highest BCUT2D eigenvalue weighted by Crippen LogP contribution is 2.17. The molecule has 2 rings (SSSR count). The molecule has 3 nitrogen and oxygen atoms in total. The minimum Gasteiger partial charge on any atom is -0.348 e. The molecule has 1 fully saturated rings. The van der Waals surface area contributed by atoms with Gasteiger partial charge >= 0.3 is 0 Å². The fourth-order valence-corrected chi connectivity index (χ4v) is 2.36. The van der Waals surface area contributed by atoms with E-state index >= 15 is 0 Å². The van der Waals surface area contributed by atoms with Crippen LogP contribution < -0.4 is 10.6 Å². The van der Waals surface area contributed by atoms with Crippen LogP contribution in [0.25, 0.3) is 0 Å². The predicted octanol–water partition coefficient (Wildman–Crippen LogP) is 2.13. The van der Waals surface area contributed by atoms with E-state index in [-0.39, 0.29) is 11.9 Å². The van der Waals surface area contributed by atoms with E-state index in [0.29, 0.717) is 10.6 Å². The number of aryl methyl sites for hydroxylation is 1. The molecule has 0 aliphatic carbocycles. The Balaban J connectivity index is 2.03. The highest BCUT2D eigenvalue weighted by molar-refractivity contribution is 6.33. The highest BCUT2D eigenvalue weighted by atomic mass is 35.5. The standard InChI is InChI=1S/C13H17ClN2O/c1-9-4-5-11(12(14)7-9)13(17)16-10-3-2-6-15-8-10/h4-5,7,10,15H,2-3,6,8H2,1H3,(H,16,17)/t10-/m1/s1. The van der Waals surface area contributed by atoms with Crippen molar-refractivity contribution in [1.29, 1.82) is 0 Å². The predicted molar refractivity (Wildman–Crippen MR) is 69.5 cm³/mol. The highest BCUT2D eigenvalue weighted by Gasteiger charge is 2.17. The number of carbonyl (C=O) groups excluding carboxylic acids is 1. The molecule has 0 bridgehead atoms. The van der Waals surface area contributed by atoms with Crippen LogP contribution in [0, 0.1) is 6.92 Å². The number of benzene rings is 1. The number of carbonyl (C=O) groups is 1. The van der Waals surface area contributed by atoms with Gasteiger partial charge < -0.3 is 10.6 Å². The summed E-state index contributed by atoms with van der Waals surface area (Å²) in [5, 5.41) is 6.80. The fourth-order valence-electron chi connectivity index (χ4n) is 2.04. The SMILES string of the molecule is Cc1ccc(C(=O)N[C@@H]2CCCNC2)c(Cl)c1. The Morgan fingerprint density at radius 1 is 1.53 bits per heavy atom. The molecule has 92 valence electrons. The molecule has 0 spiro atoms. The van der Waals surface area contributed by atoms with Gasteiger partial charge in [0, 0.05) is 12.6 Å². The number of hydrogen-bond acceptors (Lipinski definition) is 2. The maximum atomic E-state index is 12.0. The molecule has 1 aromatic carbocycles. The lowest BCUT2D eigenvalue weighted by atomic mass is 10.1. The van der Waals surface area contributed by atoms with Gasteiger partial charge in [-0.05, 0) is 44.0 Å². The second kappa shape index (κ2) is 5.52. The average Bonchev–Trinajstić information content (AvgIpc) is 2.30. The lowest BCUT2D eigenvalue weighted by Gasteiger charge is -2.24. The van der Waals surface area contributed by atoms with Crippen molar-refractivity contribution in [2.75, 3.05) is 13.1 Å². The Labute approximate surface area is 107 Å². The van der Waals surface area contributed by atoms with Crippen LogP contribution in [0.15, 0.2) is 18.2 Å². The summed E-state index contributed by atoms with van der Waals surface area (Å²) < 4.78 is 0. The van der Waals surface area contributed by atoms with Crippen molar-refractivity contribution in [2.24, 2.45) is 0 Å². The average molecular weight is 253 g/mol. The molecule has 1 aliphatic heterocycles. The van der Waals surface area contributed by atoms with Gasteiger partial charge in [0.2, 0.25) is 0 Å². The zero-order valence-corrected chi connectivity index (χ0v) is 10.7. The number of rotatable bonds is 2. The van der Waals surface area contributed by atoms with E-state index < -0.39 is 0 Å². The van der Waals surface area contributed by atoms with Crippen molar-refractivity contribution in [3.05, 3.63) is 34.3 Å². The molecular formula is C13H17ClN2O. The Morgan fingerprint density at radius 3 is 3.00 bits per heavy atom. The first-order chi connectivity index (χ1) is 8.16. The van der Waals surface area contributed by atoms with Gasteiger partial charge in [-0.1, -0.05) is 17.7 Å². The first-order valence-corrected chi connectivity index (χ1v) is 6.32. The minimum absolute atomic E-state index is 0.0799. The number of nitrogens with one attached hydrogen (secondary N) is 2. The molecule has 1 heterocycles. The number of amides is 1. The summed E-state index contributed by atoms with van der Waals surface area (Å²) in [4.78, 5) is 12.0. The van der Waals surface area contributed by atoms with Crippen LogP contribution in [0.1, 0.15) is 28.8 Å². The van der Waals surface area contributed by atoms with E-state index in [1.165, 1.54) is 0 Å². The van der Waals surface area contributed by atoms with Gasteiger partial charge in [0.1, 0.15) is 0 Å². The number of hydrogen-bond donors (Lipinski definition) is 2. The molecule has 17 heavy (non-hydrogen) atoms. The van der Waals surface area contributed by atoms with E-state index in [1.807, 2.05) is 19.1 Å². The zero-order valence-electron chi connectivity index (χ0n) is 9.92. The summed E-state index contributed by atoms with van der Waals surface area (Å²) in [5.41, 5.74) is 1.62. The molecule has 0 saturated carbocycles. The van der Waals surface area contributed by atoms with Crippen molar-refractivity contribution in [3.63, 3.8) is 0 Å². The van der Waals surface area contributed by atoms with Crippen molar-refractivity contribution in [1.82, 2.24) is 10.6 Å². The van der Waals surface area contributed by atoms with Gasteiger partial charge in [-0.3, -0.25) is 4.79 Å². The molecule has 1 atom stereocenters. The van der Waals surface area contributed by atoms with Crippen LogP contribution in [-0.4, -0.2) is 25.0 Å². The summed E-state index contributed by atoms with van der Waals surface area (Å²) in [7, 11) is 0. The molecule has 2 N–H and O–H groups in total. The van der Waals surface area contributed by atoms with E-state index in [2.05, 4.69) is 10.6 Å². The summed E-state index contributed by atoms with van der Waals surface area (Å²) in [6, 6.07) is 5.72. The van der Waals surface area contributed by atoms with Gasteiger partial charge in [-0.15, -0.1) is 0 Å². The molecule has 1 aliphatic rings. The summed E-state index contributed by atoms with van der Waals surface area (Å²) in [5.74, 6) is -0.0799. The monoisotopic (exact) mass is 252 g/mol. The molecule has 1 aromatic rings. The largest absolute Gasteiger partial charge is 0.348 e. The Kier molecular flexibility index (Phi) is 4.02. The quantitative estimate of drug-likeness (QED) is 0.847. The van der Waals surface area contributed by atoms with E-state index in [1.54, 1.807) is 6.07 Å². The maximum absolute atomic E-state index is 12.0. The van der Waals surface area contributed by atoms with Crippen LogP contribution in [0.4, 0.5) is 0 Å². The van der Waals surface area contributed by atoms with Gasteiger partial charge in [0.25, 0.3) is 5.91 Å². The van der Waals surface area contributed by atoms with E-state index in [4.69, 9.17) is 11.6 Å². The third-order valence-corrected chi connectivity index (χ3v) is 3.31. The molecule has 0 radical (unpaired) electrons. The second-order valence-electron chi connectivity index (χ2n) is 4.50. The molecule has 0 aromatic heterocycles. The van der Waals surface area contributed by atoms with Crippen molar-refractivity contribution >= 4 is 17.5 Å². The smallest absolute Gasteiger partial charge is 0.253 e. The molecule has 4 heteroatoms. The van der Waals surface area contributed by atoms with Gasteiger partial charge in [0.15, 0.2) is 0 Å². The molecular weight excluding hydrogens is 236 g/mol. The molecule has 1 saturated heterocycles. The van der Waals surface area contributed by atoms with Gasteiger partial charge in [0.05, 0.1) is 10.6 Å². The summed E-state index contributed by atoms with van der Waals surface area (Å²) in [6.45, 7) is 3.84. The summed E-state index contributed by atoms with van der Waals surface area (Å²) >= 11 is 6.07. The van der Waals surface area contributed by atoms with Crippen molar-refractivity contribution < 1.29 is 4.79 Å². The normalized spacial score (nSPS) is 20.0. The Hall–Kier alpha value is -1.06. The van der Waals surface area contributed by atoms with Crippen LogP contribution in [0.2, 0.25) is 5.02 Å². The molecule has 1 amide bonds. The lowest BCUT2D eigenvalue weighted by Crippen LogP contribution is -2.45. The topological polar surface area (TPSA) is 41.1 Å². The second-order valence-corrected chi connectivity index (χ2v) is 4.91. The summed E-state index contributed by atoms with van der Waals surface area (Å²) in [6.07, 6.45) is 2.13. The van der Waals surface area contributed by atoms with Crippen LogP contribution in [-0.2, 0) is 0 Å². The van der Waals surface area contributed by atoms with Crippen LogP contribution >= 0.6 is 11.6 Å². The third-order valence-electron chi connectivity index (χ3n) is 3.00. The van der Waals surface area contributed by atoms with E-state index in [9.17, 15) is 4.79 Å². The van der Waals surface area contributed by atoms with Crippen LogP contribution in [0.5, 0.6) is 0 Å². The fraction of sp³-hybridized carbons (Fsp3) is 0.462. The van der Waals surface area contributed by atoms with E-state index in [0.717, 1.165) is 31.5 Å². The Bertz CT molecular complexity index is 414. The first kappa shape index (κ1) is 12.4. The molecule has 0 unspecified atom stereocenters.